The first-order chi connectivity index (χ1) is 10.1. The number of nitrogens with zero attached hydrogens (tertiary/aromatic N) is 1. The van der Waals surface area contributed by atoms with Crippen LogP contribution in [0.4, 0.5) is 5.69 Å². The maximum absolute atomic E-state index is 12.2. The maximum atomic E-state index is 12.2. The van der Waals surface area contributed by atoms with Crippen LogP contribution in [0.25, 0.3) is 0 Å². The standard InChI is InChI=1S/C13H21ClN4O2S2/c1-17(2)8-7-15-13(21)16-10-5-6-11(14)12(9-10)22(19,20)18(3)4/h5-6,9H,7-8H2,1-4H3,(H2,15,16,21)/p+1. The summed E-state index contributed by atoms with van der Waals surface area (Å²) < 4.78 is 25.5. The van der Waals surface area contributed by atoms with Crippen molar-refractivity contribution in [3.63, 3.8) is 0 Å². The average molecular weight is 366 g/mol. The van der Waals surface area contributed by atoms with Crippen molar-refractivity contribution in [3.05, 3.63) is 23.2 Å². The molecule has 0 spiro atoms. The van der Waals surface area contributed by atoms with E-state index in [2.05, 4.69) is 24.7 Å². The van der Waals surface area contributed by atoms with E-state index in [9.17, 15) is 8.42 Å². The highest BCUT2D eigenvalue weighted by molar-refractivity contribution is 7.89. The van der Waals surface area contributed by atoms with E-state index in [-0.39, 0.29) is 9.92 Å². The van der Waals surface area contributed by atoms with Crippen molar-refractivity contribution in [1.82, 2.24) is 9.62 Å². The van der Waals surface area contributed by atoms with Crippen LogP contribution in [-0.4, -0.2) is 59.1 Å². The number of benzene rings is 1. The summed E-state index contributed by atoms with van der Waals surface area (Å²) in [4.78, 5) is 1.35. The van der Waals surface area contributed by atoms with E-state index >= 15 is 0 Å². The number of nitrogens with one attached hydrogen (secondary N) is 3. The van der Waals surface area contributed by atoms with Crippen molar-refractivity contribution < 1.29 is 13.3 Å². The minimum Gasteiger partial charge on any atom is -0.357 e. The summed E-state index contributed by atoms with van der Waals surface area (Å²) in [5.74, 6) is 0. The molecule has 0 aliphatic rings. The number of likely N-dealkylation sites (N-methyl/N-ethyl adjacent to an activating group) is 1. The van der Waals surface area contributed by atoms with Gasteiger partial charge in [0.05, 0.1) is 32.2 Å². The first-order valence-corrected chi connectivity index (χ1v) is 8.93. The highest BCUT2D eigenvalue weighted by Gasteiger charge is 2.21. The van der Waals surface area contributed by atoms with E-state index < -0.39 is 10.0 Å². The smallest absolute Gasteiger partial charge is 0.244 e. The van der Waals surface area contributed by atoms with Gasteiger partial charge in [0.15, 0.2) is 5.11 Å². The largest absolute Gasteiger partial charge is 0.357 e. The Hall–Kier alpha value is -0.930. The average Bonchev–Trinajstić information content (AvgIpc) is 2.40. The summed E-state index contributed by atoms with van der Waals surface area (Å²) in [6.07, 6.45) is 0. The number of hydrogen-bond acceptors (Lipinski definition) is 3. The van der Waals surface area contributed by atoms with Gasteiger partial charge in [-0.15, -0.1) is 0 Å². The third-order valence-corrected chi connectivity index (χ3v) is 5.40. The molecule has 6 nitrogen and oxygen atoms in total. The zero-order valence-corrected chi connectivity index (χ0v) is 15.5. The van der Waals surface area contributed by atoms with Crippen LogP contribution in [0.15, 0.2) is 23.1 Å². The zero-order valence-electron chi connectivity index (χ0n) is 13.1. The fourth-order valence-electron chi connectivity index (χ4n) is 1.58. The quantitative estimate of drug-likeness (QED) is 0.620. The molecule has 0 fully saturated rings. The molecule has 0 aliphatic carbocycles. The molecule has 0 bridgehead atoms. The Morgan fingerprint density at radius 3 is 2.55 bits per heavy atom. The van der Waals surface area contributed by atoms with Crippen LogP contribution >= 0.6 is 23.8 Å². The van der Waals surface area contributed by atoms with Gasteiger partial charge in [0.1, 0.15) is 4.90 Å². The molecule has 3 N–H and O–H groups in total. The second-order valence-electron chi connectivity index (χ2n) is 5.27. The van der Waals surface area contributed by atoms with Crippen LogP contribution in [0.2, 0.25) is 5.02 Å². The van der Waals surface area contributed by atoms with E-state index in [4.69, 9.17) is 23.8 Å². The molecule has 0 unspecified atom stereocenters. The van der Waals surface area contributed by atoms with Gasteiger partial charge in [-0.1, -0.05) is 11.6 Å². The van der Waals surface area contributed by atoms with Crippen molar-refractivity contribution >= 4 is 44.6 Å². The lowest BCUT2D eigenvalue weighted by Crippen LogP contribution is -3.06. The van der Waals surface area contributed by atoms with Crippen LogP contribution in [0, 0.1) is 0 Å². The lowest BCUT2D eigenvalue weighted by atomic mass is 10.3. The van der Waals surface area contributed by atoms with Crippen molar-refractivity contribution in [3.8, 4) is 0 Å². The maximum Gasteiger partial charge on any atom is 0.244 e. The van der Waals surface area contributed by atoms with E-state index in [0.717, 1.165) is 17.4 Å². The van der Waals surface area contributed by atoms with Gasteiger partial charge in [-0.3, -0.25) is 0 Å². The second kappa shape index (κ2) is 8.07. The predicted octanol–water partition coefficient (Wildman–Crippen LogP) is 0.0212. The van der Waals surface area contributed by atoms with E-state index in [1.165, 1.54) is 31.1 Å². The number of halogens is 1. The van der Waals surface area contributed by atoms with Gasteiger partial charge in [0.25, 0.3) is 0 Å². The SMILES string of the molecule is CN(C)S(=O)(=O)c1cc(NC(=S)NCC[NH+](C)C)ccc1Cl. The van der Waals surface area contributed by atoms with Crippen molar-refractivity contribution in [1.29, 1.82) is 0 Å². The Balaban J connectivity index is 2.84. The van der Waals surface area contributed by atoms with Gasteiger partial charge in [-0.25, -0.2) is 12.7 Å². The van der Waals surface area contributed by atoms with Crippen LogP contribution in [0.3, 0.4) is 0 Å². The normalized spacial score (nSPS) is 11.8. The van der Waals surface area contributed by atoms with E-state index in [0.29, 0.717) is 10.8 Å². The number of hydrogen-bond donors (Lipinski definition) is 3. The van der Waals surface area contributed by atoms with Crippen LogP contribution in [0.1, 0.15) is 0 Å². The van der Waals surface area contributed by atoms with Crippen LogP contribution in [0.5, 0.6) is 0 Å². The summed E-state index contributed by atoms with van der Waals surface area (Å²) >= 11 is 11.2. The first kappa shape index (κ1) is 19.1. The molecular formula is C13H22ClN4O2S2+. The first-order valence-electron chi connectivity index (χ1n) is 6.70. The second-order valence-corrected chi connectivity index (χ2v) is 8.21. The molecular weight excluding hydrogens is 344 g/mol. The Kier molecular flexibility index (Phi) is 7.01. The number of thiocarbonyl (C=S) groups is 1. The fourth-order valence-corrected chi connectivity index (χ4v) is 3.19. The minimum absolute atomic E-state index is 0.0460. The fraction of sp³-hybridized carbons (Fsp3) is 0.462. The molecule has 0 heterocycles. The monoisotopic (exact) mass is 365 g/mol. The Labute approximate surface area is 142 Å². The van der Waals surface area contributed by atoms with Gasteiger partial charge in [0.2, 0.25) is 10.0 Å². The van der Waals surface area contributed by atoms with Gasteiger partial charge in [0, 0.05) is 19.8 Å². The number of sulfonamides is 1. The lowest BCUT2D eigenvalue weighted by Gasteiger charge is -2.15. The van der Waals surface area contributed by atoms with Crippen molar-refractivity contribution in [2.75, 3.05) is 46.6 Å². The molecule has 0 saturated heterocycles. The summed E-state index contributed by atoms with van der Waals surface area (Å²) in [5, 5.41) is 6.65. The van der Waals surface area contributed by atoms with Crippen molar-refractivity contribution in [2.24, 2.45) is 0 Å². The summed E-state index contributed by atoms with van der Waals surface area (Å²) in [6.45, 7) is 1.65. The molecule has 0 aliphatic heterocycles. The van der Waals surface area contributed by atoms with E-state index in [1.54, 1.807) is 6.07 Å². The minimum atomic E-state index is -3.60. The lowest BCUT2D eigenvalue weighted by molar-refractivity contribution is -0.856. The molecule has 1 aromatic rings. The predicted molar refractivity (Wildman–Crippen MR) is 94.2 cm³/mol. The Morgan fingerprint density at radius 2 is 2.00 bits per heavy atom. The summed E-state index contributed by atoms with van der Waals surface area (Å²) in [5.41, 5.74) is 0.569. The highest BCUT2D eigenvalue weighted by atomic mass is 35.5. The molecule has 0 aromatic heterocycles. The Morgan fingerprint density at radius 1 is 1.36 bits per heavy atom. The molecule has 0 saturated carbocycles. The van der Waals surface area contributed by atoms with Crippen molar-refractivity contribution in [2.45, 2.75) is 4.90 Å². The van der Waals surface area contributed by atoms with Gasteiger partial charge >= 0.3 is 0 Å². The van der Waals surface area contributed by atoms with Crippen LogP contribution < -0.4 is 15.5 Å². The number of rotatable bonds is 6. The van der Waals surface area contributed by atoms with E-state index in [1.807, 2.05) is 0 Å². The van der Waals surface area contributed by atoms with Crippen LogP contribution in [-0.2, 0) is 10.0 Å². The third-order valence-electron chi connectivity index (χ3n) is 2.86. The summed E-state index contributed by atoms with van der Waals surface area (Å²) in [7, 11) is 3.42. The topological polar surface area (TPSA) is 65.9 Å². The molecule has 1 aromatic carbocycles. The molecule has 1 rings (SSSR count). The molecule has 0 radical (unpaired) electrons. The molecule has 22 heavy (non-hydrogen) atoms. The molecule has 9 heteroatoms. The Bertz CT molecular complexity index is 633. The number of quaternary nitrogens is 1. The zero-order chi connectivity index (χ0) is 16.9. The third kappa shape index (κ3) is 5.36. The molecule has 0 atom stereocenters. The van der Waals surface area contributed by atoms with Gasteiger partial charge < -0.3 is 15.5 Å². The summed E-state index contributed by atoms with van der Waals surface area (Å²) in [6, 6.07) is 4.69. The van der Waals surface area contributed by atoms with Gasteiger partial charge in [-0.2, -0.15) is 0 Å². The van der Waals surface area contributed by atoms with Gasteiger partial charge in [-0.05, 0) is 30.4 Å². The highest BCUT2D eigenvalue weighted by Crippen LogP contribution is 2.26. The number of anilines is 1. The molecule has 124 valence electrons. The molecule has 0 amide bonds.